The van der Waals surface area contributed by atoms with E-state index in [1.807, 2.05) is 0 Å². The van der Waals surface area contributed by atoms with Crippen LogP contribution in [0.1, 0.15) is 25.0 Å². The molecule has 0 amide bonds. The summed E-state index contributed by atoms with van der Waals surface area (Å²) in [4.78, 5) is 2.50. The van der Waals surface area contributed by atoms with Crippen molar-refractivity contribution in [2.75, 3.05) is 4.90 Å². The van der Waals surface area contributed by atoms with E-state index in [-0.39, 0.29) is 5.41 Å². The Kier molecular flexibility index (Phi) is 7.52. The molecule has 3 nitrogen and oxygen atoms in total. The highest BCUT2D eigenvalue weighted by Crippen LogP contribution is 2.55. The molecule has 1 aliphatic carbocycles. The minimum absolute atomic E-state index is 0.133. The number of pyridine rings is 1. The zero-order chi connectivity index (χ0) is 38.1. The summed E-state index contributed by atoms with van der Waals surface area (Å²) in [5, 5.41) is 10.2. The second kappa shape index (κ2) is 12.9. The summed E-state index contributed by atoms with van der Waals surface area (Å²) in [6, 6.07) is 72.5. The van der Waals surface area contributed by atoms with Crippen LogP contribution in [0.5, 0.6) is 0 Å². The molecule has 8 aromatic carbocycles. The minimum Gasteiger partial charge on any atom is -0.309 e. The molecule has 0 spiro atoms. The lowest BCUT2D eigenvalue weighted by Gasteiger charge is -2.30. The molecule has 2 heterocycles. The molecule has 3 heteroatoms. The molecule has 0 atom stereocenters. The molecule has 2 aromatic heterocycles. The Morgan fingerprint density at radius 1 is 0.456 bits per heavy atom. The average molecular weight is 730 g/mol. The van der Waals surface area contributed by atoms with Crippen molar-refractivity contribution in [3.8, 4) is 44.8 Å². The van der Waals surface area contributed by atoms with Gasteiger partial charge in [-0.25, -0.2) is 4.52 Å². The van der Waals surface area contributed by atoms with Crippen molar-refractivity contribution in [2.24, 2.45) is 0 Å². The highest BCUT2D eigenvalue weighted by molar-refractivity contribution is 6.11. The van der Waals surface area contributed by atoms with Crippen LogP contribution < -0.4 is 4.90 Å². The summed E-state index contributed by atoms with van der Waals surface area (Å²) in [5.41, 5.74) is 16.1. The van der Waals surface area contributed by atoms with Crippen LogP contribution in [0.25, 0.3) is 71.8 Å². The second-order valence-corrected chi connectivity index (χ2v) is 15.6. The number of benzene rings is 8. The summed E-state index contributed by atoms with van der Waals surface area (Å²) < 4.78 is 2.19. The molecule has 57 heavy (non-hydrogen) atoms. The third-order valence-corrected chi connectivity index (χ3v) is 12.0. The molecule has 0 saturated heterocycles. The Hall–Kier alpha value is -7.23. The SMILES string of the molecule is CC1(C)c2ccccc2-c2c(N(c3ccc4cc(-c5ccccc5)n5nc(-c6ccccc6)c(-c6ccccc6)c5c4c3)c3cccc4ccccc34)cccc21. The Labute approximate surface area is 332 Å². The van der Waals surface area contributed by atoms with E-state index in [4.69, 9.17) is 5.10 Å². The molecule has 0 unspecified atom stereocenters. The first-order valence-electron chi connectivity index (χ1n) is 19.7. The Balaban J connectivity index is 1.27. The number of hydrogen-bond acceptors (Lipinski definition) is 2. The lowest BCUT2D eigenvalue weighted by Crippen LogP contribution is -2.16. The molecular formula is C54H39N3. The largest absolute Gasteiger partial charge is 0.309 e. The van der Waals surface area contributed by atoms with E-state index in [2.05, 4.69) is 223 Å². The lowest BCUT2D eigenvalue weighted by molar-refractivity contribution is 0.660. The van der Waals surface area contributed by atoms with E-state index in [1.54, 1.807) is 0 Å². The number of hydrogen-bond donors (Lipinski definition) is 0. The molecule has 1 aliphatic rings. The zero-order valence-electron chi connectivity index (χ0n) is 31.9. The molecule has 11 rings (SSSR count). The van der Waals surface area contributed by atoms with E-state index in [9.17, 15) is 0 Å². The minimum atomic E-state index is -0.133. The Bertz CT molecular complexity index is 3140. The van der Waals surface area contributed by atoms with E-state index >= 15 is 0 Å². The summed E-state index contributed by atoms with van der Waals surface area (Å²) in [6.45, 7) is 4.71. The fourth-order valence-electron chi connectivity index (χ4n) is 9.29. The van der Waals surface area contributed by atoms with E-state index in [0.717, 1.165) is 61.3 Å². The van der Waals surface area contributed by atoms with Crippen LogP contribution in [-0.4, -0.2) is 9.61 Å². The van der Waals surface area contributed by atoms with Gasteiger partial charge in [0, 0.05) is 44.1 Å². The Morgan fingerprint density at radius 2 is 1.07 bits per heavy atom. The third-order valence-electron chi connectivity index (χ3n) is 12.0. The summed E-state index contributed by atoms with van der Waals surface area (Å²) in [6.07, 6.45) is 0. The summed E-state index contributed by atoms with van der Waals surface area (Å²) >= 11 is 0. The fraction of sp³-hybridized carbons (Fsp3) is 0.0556. The second-order valence-electron chi connectivity index (χ2n) is 15.6. The molecule has 0 radical (unpaired) electrons. The first-order valence-corrected chi connectivity index (χ1v) is 19.7. The first kappa shape index (κ1) is 33.1. The van der Waals surface area contributed by atoms with Gasteiger partial charge < -0.3 is 4.90 Å². The monoisotopic (exact) mass is 729 g/mol. The van der Waals surface area contributed by atoms with Gasteiger partial charge in [0.1, 0.15) is 5.69 Å². The molecule has 0 fully saturated rings. The average Bonchev–Trinajstić information content (AvgIpc) is 3.79. The van der Waals surface area contributed by atoms with Crippen molar-refractivity contribution >= 4 is 44.1 Å². The predicted molar refractivity (Wildman–Crippen MR) is 239 cm³/mol. The summed E-state index contributed by atoms with van der Waals surface area (Å²) in [5.74, 6) is 0. The van der Waals surface area contributed by atoms with Crippen molar-refractivity contribution in [3.05, 3.63) is 211 Å². The van der Waals surface area contributed by atoms with Crippen molar-refractivity contribution < 1.29 is 0 Å². The maximum Gasteiger partial charge on any atom is 0.101 e. The fourth-order valence-corrected chi connectivity index (χ4v) is 9.29. The van der Waals surface area contributed by atoms with Gasteiger partial charge >= 0.3 is 0 Å². The number of anilines is 3. The van der Waals surface area contributed by atoms with Crippen molar-refractivity contribution in [1.82, 2.24) is 9.61 Å². The van der Waals surface area contributed by atoms with Crippen LogP contribution in [0.15, 0.2) is 200 Å². The molecule has 0 bridgehead atoms. The zero-order valence-corrected chi connectivity index (χ0v) is 31.9. The van der Waals surface area contributed by atoms with Crippen LogP contribution in [0, 0.1) is 0 Å². The molecule has 10 aromatic rings. The normalized spacial score (nSPS) is 12.9. The molecule has 270 valence electrons. The van der Waals surface area contributed by atoms with Crippen molar-refractivity contribution in [1.29, 1.82) is 0 Å². The summed E-state index contributed by atoms with van der Waals surface area (Å²) in [7, 11) is 0. The number of aromatic nitrogens is 2. The van der Waals surface area contributed by atoms with Crippen LogP contribution in [-0.2, 0) is 5.41 Å². The number of nitrogens with zero attached hydrogens (tertiary/aromatic N) is 3. The molecule has 0 aliphatic heterocycles. The first-order chi connectivity index (χ1) is 28.1. The van der Waals surface area contributed by atoms with E-state index < -0.39 is 0 Å². The third kappa shape index (κ3) is 5.16. The van der Waals surface area contributed by atoms with Gasteiger partial charge in [-0.1, -0.05) is 184 Å². The lowest BCUT2D eigenvalue weighted by atomic mass is 9.82. The highest BCUT2D eigenvalue weighted by Gasteiger charge is 2.38. The highest BCUT2D eigenvalue weighted by atomic mass is 15.2. The number of fused-ring (bicyclic) bond motifs is 7. The van der Waals surface area contributed by atoms with Gasteiger partial charge in [0.05, 0.1) is 22.6 Å². The standard InChI is InChI=1S/C54H39N3/c1-54(2)45-28-15-14-27-43(45)51-46(54)29-17-31-48(51)56(47-30-16-25-36-18-12-13-26-42(36)47)41-33-32-40-34-49(37-19-6-3-7-20-37)57-53(44(40)35-41)50(38-21-8-4-9-22-38)52(55-57)39-23-10-5-11-24-39/h3-35H,1-2H3. The van der Waals surface area contributed by atoms with Gasteiger partial charge in [0.2, 0.25) is 0 Å². The van der Waals surface area contributed by atoms with Crippen LogP contribution in [0.4, 0.5) is 17.1 Å². The van der Waals surface area contributed by atoms with E-state index in [1.165, 1.54) is 38.7 Å². The van der Waals surface area contributed by atoms with Crippen LogP contribution in [0.2, 0.25) is 0 Å². The number of rotatable bonds is 6. The quantitative estimate of drug-likeness (QED) is 0.170. The molecule has 0 saturated carbocycles. The van der Waals surface area contributed by atoms with Gasteiger partial charge in [-0.15, -0.1) is 0 Å². The topological polar surface area (TPSA) is 20.5 Å². The van der Waals surface area contributed by atoms with Gasteiger partial charge in [-0.2, -0.15) is 5.10 Å². The maximum absolute atomic E-state index is 5.51. The smallest absolute Gasteiger partial charge is 0.101 e. The maximum atomic E-state index is 5.51. The predicted octanol–water partition coefficient (Wildman–Crippen LogP) is 14.4. The van der Waals surface area contributed by atoms with Gasteiger partial charge in [0.15, 0.2) is 0 Å². The van der Waals surface area contributed by atoms with Gasteiger partial charge in [-0.3, -0.25) is 0 Å². The van der Waals surface area contributed by atoms with E-state index in [0.29, 0.717) is 0 Å². The Morgan fingerprint density at radius 3 is 1.86 bits per heavy atom. The van der Waals surface area contributed by atoms with Crippen molar-refractivity contribution in [3.63, 3.8) is 0 Å². The van der Waals surface area contributed by atoms with Crippen LogP contribution >= 0.6 is 0 Å². The van der Waals surface area contributed by atoms with Gasteiger partial charge in [0.25, 0.3) is 0 Å². The van der Waals surface area contributed by atoms with Crippen LogP contribution in [0.3, 0.4) is 0 Å². The molecule has 0 N–H and O–H groups in total. The molecular weight excluding hydrogens is 691 g/mol. The van der Waals surface area contributed by atoms with Gasteiger partial charge in [-0.05, 0) is 63.4 Å². The van der Waals surface area contributed by atoms with Crippen molar-refractivity contribution in [2.45, 2.75) is 19.3 Å².